The molecule has 1 aromatic heterocycles. The summed E-state index contributed by atoms with van der Waals surface area (Å²) in [4.78, 5) is 15.5. The number of anilines is 1. The number of nitrogens with zero attached hydrogens (tertiary/aromatic N) is 1. The Morgan fingerprint density at radius 1 is 1.38 bits per heavy atom. The monoisotopic (exact) mass is 320 g/mol. The number of carbonyl (C=O) groups excluding carboxylic acids is 1. The van der Waals surface area contributed by atoms with Crippen LogP contribution in [-0.4, -0.2) is 30.2 Å². The largest absolute Gasteiger partial charge is 0.324 e. The van der Waals surface area contributed by atoms with Gasteiger partial charge in [-0.05, 0) is 54.7 Å². The maximum atomic E-state index is 12.4. The summed E-state index contributed by atoms with van der Waals surface area (Å²) < 4.78 is 0. The Labute approximate surface area is 134 Å². The molecule has 0 spiro atoms. The Kier molecular flexibility index (Phi) is 5.85. The van der Waals surface area contributed by atoms with E-state index >= 15 is 0 Å². The number of hydrogen-bond acceptors (Lipinski definition) is 4. The first kappa shape index (κ1) is 16.1. The van der Waals surface area contributed by atoms with Crippen molar-refractivity contribution in [3.8, 4) is 0 Å². The van der Waals surface area contributed by atoms with Crippen molar-refractivity contribution in [3.05, 3.63) is 46.7 Å². The highest BCUT2D eigenvalue weighted by molar-refractivity contribution is 7.98. The summed E-state index contributed by atoms with van der Waals surface area (Å²) in [7, 11) is 1.97. The predicted octanol–water partition coefficient (Wildman–Crippen LogP) is 3.93. The van der Waals surface area contributed by atoms with Gasteiger partial charge in [0.1, 0.15) is 0 Å². The molecule has 1 aromatic carbocycles. The molecular weight excluding hydrogens is 300 g/mol. The molecule has 2 aromatic rings. The first-order valence-electron chi connectivity index (χ1n) is 6.77. The zero-order valence-corrected chi connectivity index (χ0v) is 14.1. The van der Waals surface area contributed by atoms with Gasteiger partial charge in [-0.2, -0.15) is 11.3 Å². The number of hydrogen-bond donors (Lipinski definition) is 1. The molecule has 0 unspecified atom stereocenters. The van der Waals surface area contributed by atoms with Crippen LogP contribution in [0.2, 0.25) is 0 Å². The average molecular weight is 320 g/mol. The number of amides is 1. The van der Waals surface area contributed by atoms with Crippen LogP contribution in [0.25, 0.3) is 0 Å². The quantitative estimate of drug-likeness (QED) is 0.819. The van der Waals surface area contributed by atoms with Gasteiger partial charge in [0, 0.05) is 11.4 Å². The SMILES string of the molecule is CSc1ccccc1NC(=O)[C@H](C)N(C)Cc1ccsc1. The van der Waals surface area contributed by atoms with E-state index in [1.165, 1.54) is 5.56 Å². The zero-order valence-electron chi connectivity index (χ0n) is 12.5. The number of carbonyl (C=O) groups is 1. The van der Waals surface area contributed by atoms with Gasteiger partial charge in [-0.15, -0.1) is 11.8 Å². The molecule has 0 aliphatic rings. The molecule has 5 heteroatoms. The lowest BCUT2D eigenvalue weighted by Gasteiger charge is -2.23. The summed E-state index contributed by atoms with van der Waals surface area (Å²) in [6.45, 7) is 2.71. The number of nitrogens with one attached hydrogen (secondary N) is 1. The van der Waals surface area contributed by atoms with Gasteiger partial charge in [-0.3, -0.25) is 9.69 Å². The molecule has 21 heavy (non-hydrogen) atoms. The first-order chi connectivity index (χ1) is 10.1. The number of rotatable bonds is 6. The van der Waals surface area contributed by atoms with E-state index < -0.39 is 0 Å². The Morgan fingerprint density at radius 3 is 2.81 bits per heavy atom. The molecular formula is C16H20N2OS2. The van der Waals surface area contributed by atoms with Gasteiger partial charge in [0.05, 0.1) is 11.7 Å². The van der Waals surface area contributed by atoms with Crippen LogP contribution in [0.1, 0.15) is 12.5 Å². The summed E-state index contributed by atoms with van der Waals surface area (Å²) in [6, 6.07) is 9.78. The van der Waals surface area contributed by atoms with Gasteiger partial charge >= 0.3 is 0 Å². The van der Waals surface area contributed by atoms with E-state index in [0.29, 0.717) is 0 Å². The van der Waals surface area contributed by atoms with Crippen molar-refractivity contribution in [2.24, 2.45) is 0 Å². The maximum Gasteiger partial charge on any atom is 0.241 e. The van der Waals surface area contributed by atoms with E-state index in [4.69, 9.17) is 0 Å². The molecule has 1 atom stereocenters. The van der Waals surface area contributed by atoms with Crippen LogP contribution >= 0.6 is 23.1 Å². The van der Waals surface area contributed by atoms with Crippen LogP contribution in [-0.2, 0) is 11.3 Å². The molecule has 0 fully saturated rings. The Balaban J connectivity index is 1.98. The molecule has 112 valence electrons. The van der Waals surface area contributed by atoms with Gasteiger partial charge in [0.15, 0.2) is 0 Å². The van der Waals surface area contributed by atoms with Crippen molar-refractivity contribution < 1.29 is 4.79 Å². The third-order valence-electron chi connectivity index (χ3n) is 3.42. The molecule has 0 saturated heterocycles. The third-order valence-corrected chi connectivity index (χ3v) is 4.95. The van der Waals surface area contributed by atoms with E-state index in [-0.39, 0.29) is 11.9 Å². The number of thiophene rings is 1. The van der Waals surface area contributed by atoms with Crippen molar-refractivity contribution in [2.75, 3.05) is 18.6 Å². The van der Waals surface area contributed by atoms with Crippen LogP contribution in [0.4, 0.5) is 5.69 Å². The highest BCUT2D eigenvalue weighted by Crippen LogP contribution is 2.25. The fraction of sp³-hybridized carbons (Fsp3) is 0.312. The Hall–Kier alpha value is -1.30. The summed E-state index contributed by atoms with van der Waals surface area (Å²) in [5.74, 6) is 0.0224. The lowest BCUT2D eigenvalue weighted by atomic mass is 10.2. The molecule has 1 N–H and O–H groups in total. The highest BCUT2D eigenvalue weighted by Gasteiger charge is 2.19. The molecule has 0 aliphatic carbocycles. The number of likely N-dealkylation sites (N-methyl/N-ethyl adjacent to an activating group) is 1. The van der Waals surface area contributed by atoms with E-state index in [0.717, 1.165) is 17.1 Å². The fourth-order valence-corrected chi connectivity index (χ4v) is 3.21. The van der Waals surface area contributed by atoms with E-state index in [1.807, 2.05) is 44.5 Å². The first-order valence-corrected chi connectivity index (χ1v) is 8.93. The summed E-state index contributed by atoms with van der Waals surface area (Å²) in [5, 5.41) is 7.20. The van der Waals surface area contributed by atoms with Crippen LogP contribution in [0.5, 0.6) is 0 Å². The average Bonchev–Trinajstić information content (AvgIpc) is 2.99. The summed E-state index contributed by atoms with van der Waals surface area (Å²) in [5.41, 5.74) is 2.12. The van der Waals surface area contributed by atoms with E-state index in [1.54, 1.807) is 23.1 Å². The van der Waals surface area contributed by atoms with Crippen molar-refractivity contribution >= 4 is 34.7 Å². The van der Waals surface area contributed by atoms with Crippen molar-refractivity contribution in [3.63, 3.8) is 0 Å². The van der Waals surface area contributed by atoms with E-state index in [2.05, 4.69) is 27.0 Å². The number of para-hydroxylation sites is 1. The van der Waals surface area contributed by atoms with Crippen molar-refractivity contribution in [1.82, 2.24) is 4.90 Å². The minimum Gasteiger partial charge on any atom is -0.324 e. The van der Waals surface area contributed by atoms with Crippen LogP contribution < -0.4 is 5.32 Å². The molecule has 2 rings (SSSR count). The molecule has 0 radical (unpaired) electrons. The zero-order chi connectivity index (χ0) is 15.2. The second kappa shape index (κ2) is 7.64. The molecule has 0 bridgehead atoms. The standard InChI is InChI=1S/C16H20N2OS2/c1-12(18(2)10-13-8-9-21-11-13)16(19)17-14-6-4-5-7-15(14)20-3/h4-9,11-12H,10H2,1-3H3,(H,17,19)/t12-/m0/s1. The van der Waals surface area contributed by atoms with Gasteiger partial charge in [-0.1, -0.05) is 12.1 Å². The molecule has 0 saturated carbocycles. The second-order valence-corrected chi connectivity index (χ2v) is 6.54. The van der Waals surface area contributed by atoms with Crippen LogP contribution in [0.15, 0.2) is 46.0 Å². The van der Waals surface area contributed by atoms with Crippen LogP contribution in [0.3, 0.4) is 0 Å². The number of thioether (sulfide) groups is 1. The minimum absolute atomic E-state index is 0.0224. The van der Waals surface area contributed by atoms with Gasteiger partial charge in [-0.25, -0.2) is 0 Å². The summed E-state index contributed by atoms with van der Waals surface area (Å²) >= 11 is 3.31. The molecule has 1 amide bonds. The van der Waals surface area contributed by atoms with Gasteiger partial charge < -0.3 is 5.32 Å². The molecule has 1 heterocycles. The van der Waals surface area contributed by atoms with Crippen molar-refractivity contribution in [2.45, 2.75) is 24.4 Å². The predicted molar refractivity (Wildman–Crippen MR) is 92.1 cm³/mol. The Morgan fingerprint density at radius 2 is 2.14 bits per heavy atom. The minimum atomic E-state index is -0.181. The summed E-state index contributed by atoms with van der Waals surface area (Å²) in [6.07, 6.45) is 2.01. The topological polar surface area (TPSA) is 32.3 Å². The molecule has 0 aliphatic heterocycles. The Bertz CT molecular complexity index is 584. The van der Waals surface area contributed by atoms with Crippen LogP contribution in [0, 0.1) is 0 Å². The normalized spacial score (nSPS) is 12.4. The smallest absolute Gasteiger partial charge is 0.241 e. The lowest BCUT2D eigenvalue weighted by molar-refractivity contribution is -0.120. The molecule has 3 nitrogen and oxygen atoms in total. The number of benzene rings is 1. The second-order valence-electron chi connectivity index (χ2n) is 4.91. The van der Waals surface area contributed by atoms with Gasteiger partial charge in [0.2, 0.25) is 5.91 Å². The maximum absolute atomic E-state index is 12.4. The lowest BCUT2D eigenvalue weighted by Crippen LogP contribution is -2.39. The third kappa shape index (κ3) is 4.33. The highest BCUT2D eigenvalue weighted by atomic mass is 32.2. The van der Waals surface area contributed by atoms with E-state index in [9.17, 15) is 4.79 Å². The fourth-order valence-electron chi connectivity index (χ4n) is 1.99. The van der Waals surface area contributed by atoms with Crippen molar-refractivity contribution in [1.29, 1.82) is 0 Å². The van der Waals surface area contributed by atoms with Gasteiger partial charge in [0.25, 0.3) is 0 Å².